The molecule has 0 fully saturated rings. The smallest absolute Gasteiger partial charge is 0.417 e. The second-order valence-electron chi connectivity index (χ2n) is 5.70. The Morgan fingerprint density at radius 3 is 2.57 bits per heavy atom. The summed E-state index contributed by atoms with van der Waals surface area (Å²) >= 11 is 5.57. The lowest BCUT2D eigenvalue weighted by molar-refractivity contribution is -0.137. The van der Waals surface area contributed by atoms with Crippen molar-refractivity contribution < 1.29 is 22.7 Å². The van der Waals surface area contributed by atoms with Gasteiger partial charge in [0.05, 0.1) is 24.2 Å². The summed E-state index contributed by atoms with van der Waals surface area (Å²) in [7, 11) is 1.53. The van der Waals surface area contributed by atoms with Crippen molar-refractivity contribution >= 4 is 28.9 Å². The van der Waals surface area contributed by atoms with E-state index >= 15 is 0 Å². The van der Waals surface area contributed by atoms with Crippen molar-refractivity contribution in [2.75, 3.05) is 24.3 Å². The van der Waals surface area contributed by atoms with E-state index in [-0.39, 0.29) is 12.2 Å². The molecule has 7 nitrogen and oxygen atoms in total. The molecule has 0 bridgehead atoms. The summed E-state index contributed by atoms with van der Waals surface area (Å²) in [6, 6.07) is 8.32. The van der Waals surface area contributed by atoms with Crippen LogP contribution in [0.25, 0.3) is 5.69 Å². The molecule has 1 heterocycles. The van der Waals surface area contributed by atoms with Crippen LogP contribution in [-0.2, 0) is 11.0 Å². The van der Waals surface area contributed by atoms with Gasteiger partial charge in [0.15, 0.2) is 0 Å². The fourth-order valence-electron chi connectivity index (χ4n) is 2.43. The first-order valence-corrected chi connectivity index (χ1v) is 8.32. The number of amides is 1. The third kappa shape index (κ3) is 4.39. The number of aromatic nitrogens is 3. The molecular weight excluding hydrogens is 399 g/mol. The maximum absolute atomic E-state index is 12.9. The second-order valence-corrected chi connectivity index (χ2v) is 6.10. The minimum absolute atomic E-state index is 0.0000596. The maximum atomic E-state index is 12.9. The first-order chi connectivity index (χ1) is 13.3. The van der Waals surface area contributed by atoms with Crippen molar-refractivity contribution in [3.63, 3.8) is 0 Å². The molecule has 2 aromatic carbocycles. The number of nitrogens with one attached hydrogen (secondary N) is 3. The van der Waals surface area contributed by atoms with Gasteiger partial charge in [-0.1, -0.05) is 11.6 Å². The normalized spacial score (nSPS) is 11.3. The lowest BCUT2D eigenvalue weighted by Gasteiger charge is -2.15. The monoisotopic (exact) mass is 413 g/mol. The molecule has 0 radical (unpaired) electrons. The molecule has 11 heteroatoms. The van der Waals surface area contributed by atoms with Gasteiger partial charge in [0.2, 0.25) is 5.91 Å². The van der Waals surface area contributed by atoms with Gasteiger partial charge in [-0.3, -0.25) is 4.79 Å². The van der Waals surface area contributed by atoms with E-state index in [2.05, 4.69) is 20.9 Å². The largest absolute Gasteiger partial charge is 0.494 e. The van der Waals surface area contributed by atoms with Gasteiger partial charge in [-0.05, 0) is 36.4 Å². The van der Waals surface area contributed by atoms with E-state index in [1.165, 1.54) is 13.2 Å². The molecule has 3 N–H and O–H groups in total. The molecule has 148 valence electrons. The number of nitrogens with zero attached hydrogens (tertiary/aromatic N) is 2. The van der Waals surface area contributed by atoms with Crippen LogP contribution in [-0.4, -0.2) is 34.6 Å². The molecule has 0 spiro atoms. The Morgan fingerprint density at radius 1 is 1.25 bits per heavy atom. The average Bonchev–Trinajstić information content (AvgIpc) is 2.59. The number of benzene rings is 2. The Balaban J connectivity index is 1.66. The molecule has 0 atom stereocenters. The highest BCUT2D eigenvalue weighted by atomic mass is 35.5. The number of aromatic amines is 1. The van der Waals surface area contributed by atoms with Crippen LogP contribution in [0.4, 0.5) is 24.5 Å². The molecule has 3 aromatic rings. The summed E-state index contributed by atoms with van der Waals surface area (Å²) in [4.78, 5) is 12.1. The number of carbonyl (C=O) groups is 1. The molecule has 28 heavy (non-hydrogen) atoms. The van der Waals surface area contributed by atoms with Crippen molar-refractivity contribution in [2.45, 2.75) is 6.18 Å². The molecule has 3 rings (SSSR count). The number of alkyl halides is 3. The Hall–Kier alpha value is -3.14. The first-order valence-electron chi connectivity index (χ1n) is 7.94. The molecule has 0 aliphatic heterocycles. The molecule has 1 aromatic heterocycles. The topological polar surface area (TPSA) is 84.0 Å². The zero-order valence-corrected chi connectivity index (χ0v) is 15.2. The van der Waals surface area contributed by atoms with E-state index < -0.39 is 22.7 Å². The van der Waals surface area contributed by atoms with Gasteiger partial charge >= 0.3 is 6.18 Å². The van der Waals surface area contributed by atoms with Crippen LogP contribution in [0.1, 0.15) is 5.56 Å². The van der Waals surface area contributed by atoms with Crippen LogP contribution in [0, 0.1) is 0 Å². The van der Waals surface area contributed by atoms with Gasteiger partial charge in [0.25, 0.3) is 0 Å². The summed E-state index contributed by atoms with van der Waals surface area (Å²) < 4.78 is 45.6. The molecule has 0 aliphatic rings. The van der Waals surface area contributed by atoms with Crippen LogP contribution < -0.4 is 15.4 Å². The predicted octanol–water partition coefficient (Wildman–Crippen LogP) is 3.93. The number of rotatable bonds is 6. The van der Waals surface area contributed by atoms with Crippen LogP contribution in [0.3, 0.4) is 0 Å². The number of carbonyl (C=O) groups excluding carboxylic acids is 1. The Bertz CT molecular complexity index is 974. The molecular formula is C17H15ClF3N5O2. The number of hydrogen-bond donors (Lipinski definition) is 3. The summed E-state index contributed by atoms with van der Waals surface area (Å²) in [6.07, 6.45) is -3.06. The van der Waals surface area contributed by atoms with Gasteiger partial charge in [-0.25, -0.2) is 9.90 Å². The SMILES string of the molecule is COc1ccc(NCC(=O)Nc2ccc(Cl)c(C(F)(F)F)c2)cc1-n1cn[nH]1. The Kier molecular flexibility index (Phi) is 5.50. The van der Waals surface area contributed by atoms with Crippen molar-refractivity contribution in [3.8, 4) is 11.4 Å². The van der Waals surface area contributed by atoms with E-state index in [9.17, 15) is 18.0 Å². The van der Waals surface area contributed by atoms with Crippen molar-refractivity contribution in [1.82, 2.24) is 15.0 Å². The van der Waals surface area contributed by atoms with Gasteiger partial charge in [-0.15, -0.1) is 5.10 Å². The summed E-state index contributed by atoms with van der Waals surface area (Å²) in [5.41, 5.74) is 0.277. The van der Waals surface area contributed by atoms with E-state index in [0.717, 1.165) is 12.1 Å². The summed E-state index contributed by atoms with van der Waals surface area (Å²) in [6.45, 7) is -0.155. The van der Waals surface area contributed by atoms with E-state index in [1.54, 1.807) is 29.2 Å². The first kappa shape index (κ1) is 19.6. The van der Waals surface area contributed by atoms with Crippen molar-refractivity contribution in [2.24, 2.45) is 0 Å². The van der Waals surface area contributed by atoms with Gasteiger partial charge in [-0.2, -0.15) is 13.2 Å². The number of hydrogen-bond acceptors (Lipinski definition) is 4. The number of halogens is 4. The highest BCUT2D eigenvalue weighted by molar-refractivity contribution is 6.31. The van der Waals surface area contributed by atoms with Crippen LogP contribution >= 0.6 is 11.6 Å². The second kappa shape index (κ2) is 7.85. The molecule has 0 saturated heterocycles. The zero-order chi connectivity index (χ0) is 20.3. The lowest BCUT2D eigenvalue weighted by atomic mass is 10.2. The lowest BCUT2D eigenvalue weighted by Crippen LogP contribution is -2.22. The molecule has 0 aliphatic carbocycles. The highest BCUT2D eigenvalue weighted by Crippen LogP contribution is 2.36. The Labute approximate surface area is 162 Å². The van der Waals surface area contributed by atoms with Crippen molar-refractivity contribution in [1.29, 1.82) is 0 Å². The minimum Gasteiger partial charge on any atom is -0.494 e. The van der Waals surface area contributed by atoms with Crippen LogP contribution in [0.5, 0.6) is 5.75 Å². The van der Waals surface area contributed by atoms with Crippen molar-refractivity contribution in [3.05, 3.63) is 53.3 Å². The fraction of sp³-hybridized carbons (Fsp3) is 0.176. The number of methoxy groups -OCH3 is 1. The van der Waals surface area contributed by atoms with E-state index in [4.69, 9.17) is 16.3 Å². The summed E-state index contributed by atoms with van der Waals surface area (Å²) in [5, 5.41) is 11.3. The molecule has 1 amide bonds. The molecule has 0 saturated carbocycles. The number of H-pyrrole nitrogens is 1. The summed E-state index contributed by atoms with van der Waals surface area (Å²) in [5.74, 6) is 0.0750. The number of anilines is 2. The van der Waals surface area contributed by atoms with Gasteiger partial charge in [0, 0.05) is 11.4 Å². The number of ether oxygens (including phenoxy) is 1. The minimum atomic E-state index is -4.61. The van der Waals surface area contributed by atoms with Gasteiger partial charge < -0.3 is 15.4 Å². The van der Waals surface area contributed by atoms with Crippen LogP contribution in [0.2, 0.25) is 5.02 Å². The fourth-order valence-corrected chi connectivity index (χ4v) is 2.65. The highest BCUT2D eigenvalue weighted by Gasteiger charge is 2.33. The standard InChI is InChI=1S/C17H15ClF3N5O2/c1-28-15-5-3-10(7-14(15)26-9-23-25-26)22-8-16(27)24-11-2-4-13(18)12(6-11)17(19,20)21/h2-7,9,22,25H,8H2,1H3,(H,24,27). The van der Waals surface area contributed by atoms with E-state index in [0.29, 0.717) is 17.1 Å². The zero-order valence-electron chi connectivity index (χ0n) is 14.5. The van der Waals surface area contributed by atoms with Gasteiger partial charge in [0.1, 0.15) is 17.8 Å². The van der Waals surface area contributed by atoms with E-state index in [1.807, 2.05) is 0 Å². The average molecular weight is 414 g/mol. The predicted molar refractivity (Wildman–Crippen MR) is 98.0 cm³/mol. The Morgan fingerprint density at radius 2 is 1.96 bits per heavy atom. The third-order valence-corrected chi connectivity index (χ3v) is 4.12. The maximum Gasteiger partial charge on any atom is 0.417 e. The quantitative estimate of drug-likeness (QED) is 0.571. The molecule has 0 unspecified atom stereocenters. The van der Waals surface area contributed by atoms with Crippen LogP contribution in [0.15, 0.2) is 42.7 Å². The third-order valence-electron chi connectivity index (χ3n) is 3.79.